The molecule has 9 heteroatoms. The minimum absolute atomic E-state index is 0.0207. The number of unbranched alkanes of at least 4 members (excludes halogenated alkanes) is 3. The maximum Gasteiger partial charge on any atom is 0.343 e. The first-order chi connectivity index (χ1) is 17.8. The van der Waals surface area contributed by atoms with Crippen LogP contribution in [0.4, 0.5) is 5.69 Å². The summed E-state index contributed by atoms with van der Waals surface area (Å²) in [4.78, 5) is 36.8. The van der Waals surface area contributed by atoms with Crippen molar-refractivity contribution in [1.82, 2.24) is 0 Å². The van der Waals surface area contributed by atoms with Crippen molar-refractivity contribution in [2.45, 2.75) is 39.0 Å². The molecule has 37 heavy (non-hydrogen) atoms. The van der Waals surface area contributed by atoms with Gasteiger partial charge in [-0.05, 0) is 54.3 Å². The number of esters is 1. The summed E-state index contributed by atoms with van der Waals surface area (Å²) in [6.07, 6.45) is 5.86. The average Bonchev–Trinajstić information content (AvgIpc) is 2.88. The lowest BCUT2D eigenvalue weighted by molar-refractivity contribution is -0.384. The van der Waals surface area contributed by atoms with E-state index in [-0.39, 0.29) is 27.3 Å². The summed E-state index contributed by atoms with van der Waals surface area (Å²) in [5, 5.41) is 12.1. The SMILES string of the molecule is CCCCCCc1cc2c(=O)c(-c3ccc(Cl)cc3)coc2cc1OC(=O)c1ccc(Cl)c([N+](=O)[O-])c1. The smallest absolute Gasteiger partial charge is 0.343 e. The summed E-state index contributed by atoms with van der Waals surface area (Å²) in [5.41, 5.74) is 1.35. The predicted molar refractivity (Wildman–Crippen MR) is 144 cm³/mol. The van der Waals surface area contributed by atoms with Crippen LogP contribution in [0.3, 0.4) is 0 Å². The number of hydrogen-bond acceptors (Lipinski definition) is 6. The van der Waals surface area contributed by atoms with Crippen molar-refractivity contribution in [3.63, 3.8) is 0 Å². The molecule has 0 amide bonds. The van der Waals surface area contributed by atoms with E-state index in [4.69, 9.17) is 32.4 Å². The van der Waals surface area contributed by atoms with Crippen molar-refractivity contribution in [2.75, 3.05) is 0 Å². The van der Waals surface area contributed by atoms with Crippen molar-refractivity contribution in [3.8, 4) is 16.9 Å². The zero-order valence-corrected chi connectivity index (χ0v) is 21.5. The molecule has 0 fully saturated rings. The molecular formula is C28H23Cl2NO6. The van der Waals surface area contributed by atoms with Crippen LogP contribution in [0.5, 0.6) is 5.75 Å². The van der Waals surface area contributed by atoms with E-state index in [1.54, 1.807) is 30.3 Å². The molecule has 3 aromatic carbocycles. The summed E-state index contributed by atoms with van der Waals surface area (Å²) in [5.74, 6) is -0.553. The molecule has 0 saturated heterocycles. The van der Waals surface area contributed by atoms with Gasteiger partial charge in [-0.3, -0.25) is 14.9 Å². The fourth-order valence-corrected chi connectivity index (χ4v) is 4.31. The van der Waals surface area contributed by atoms with Crippen molar-refractivity contribution in [3.05, 3.63) is 102 Å². The fraction of sp³-hybridized carbons (Fsp3) is 0.214. The van der Waals surface area contributed by atoms with Crippen LogP contribution in [0.25, 0.3) is 22.1 Å². The van der Waals surface area contributed by atoms with Crippen LogP contribution in [-0.2, 0) is 6.42 Å². The second kappa shape index (κ2) is 11.6. The van der Waals surface area contributed by atoms with Crippen molar-refractivity contribution in [2.24, 2.45) is 0 Å². The van der Waals surface area contributed by atoms with Gasteiger partial charge in [-0.1, -0.05) is 61.5 Å². The monoisotopic (exact) mass is 539 g/mol. The molecule has 1 heterocycles. The molecule has 0 N–H and O–H groups in total. The third kappa shape index (κ3) is 6.01. The van der Waals surface area contributed by atoms with Gasteiger partial charge in [0.2, 0.25) is 5.43 Å². The normalized spacial score (nSPS) is 11.0. The predicted octanol–water partition coefficient (Wildman–Crippen LogP) is 8.02. The van der Waals surface area contributed by atoms with E-state index in [9.17, 15) is 19.7 Å². The van der Waals surface area contributed by atoms with E-state index in [0.29, 0.717) is 33.5 Å². The van der Waals surface area contributed by atoms with Crippen molar-refractivity contribution >= 4 is 45.8 Å². The number of halogens is 2. The number of rotatable bonds is 9. The summed E-state index contributed by atoms with van der Waals surface area (Å²) >= 11 is 11.8. The van der Waals surface area contributed by atoms with E-state index < -0.39 is 16.6 Å². The number of nitro benzene ring substituents is 1. The molecule has 0 saturated carbocycles. The van der Waals surface area contributed by atoms with Gasteiger partial charge in [-0.2, -0.15) is 0 Å². The molecule has 1 aromatic heterocycles. The minimum atomic E-state index is -0.783. The van der Waals surface area contributed by atoms with E-state index in [2.05, 4.69) is 6.92 Å². The van der Waals surface area contributed by atoms with Crippen LogP contribution >= 0.6 is 23.2 Å². The molecule has 0 atom stereocenters. The molecule has 0 unspecified atom stereocenters. The second-order valence-electron chi connectivity index (χ2n) is 8.56. The van der Waals surface area contributed by atoms with Crippen LogP contribution in [0.15, 0.2) is 70.1 Å². The van der Waals surface area contributed by atoms with Gasteiger partial charge in [0.15, 0.2) is 0 Å². The topological polar surface area (TPSA) is 99.7 Å². The van der Waals surface area contributed by atoms with Gasteiger partial charge >= 0.3 is 5.97 Å². The summed E-state index contributed by atoms with van der Waals surface area (Å²) in [7, 11) is 0. The maximum atomic E-state index is 13.4. The van der Waals surface area contributed by atoms with Gasteiger partial charge in [-0.15, -0.1) is 0 Å². The molecule has 0 bridgehead atoms. The van der Waals surface area contributed by atoms with Crippen LogP contribution in [0, 0.1) is 10.1 Å². The van der Waals surface area contributed by atoms with Gasteiger partial charge < -0.3 is 9.15 Å². The Hall–Kier alpha value is -3.68. The molecule has 190 valence electrons. The molecule has 0 aliphatic rings. The highest BCUT2D eigenvalue weighted by Crippen LogP contribution is 2.31. The van der Waals surface area contributed by atoms with Gasteiger partial charge in [0.05, 0.1) is 21.4 Å². The van der Waals surface area contributed by atoms with E-state index in [1.807, 2.05) is 0 Å². The van der Waals surface area contributed by atoms with Crippen LogP contribution in [-0.4, -0.2) is 10.9 Å². The second-order valence-corrected chi connectivity index (χ2v) is 9.41. The Morgan fingerprint density at radius 2 is 1.78 bits per heavy atom. The lowest BCUT2D eigenvalue weighted by Gasteiger charge is -2.12. The standard InChI is InChI=1S/C28H23Cl2NO6/c1-2-3-4-5-6-18-13-21-26(36-16-22(27(21)32)17-7-10-20(29)11-8-17)15-25(18)37-28(33)19-9-12-23(30)24(14-19)31(34)35/h7-16H,2-6H2,1H3. The van der Waals surface area contributed by atoms with E-state index in [0.717, 1.165) is 31.7 Å². The number of nitro groups is 1. The van der Waals surface area contributed by atoms with Crippen LogP contribution in [0.2, 0.25) is 10.0 Å². The molecule has 0 spiro atoms. The molecule has 0 radical (unpaired) electrons. The van der Waals surface area contributed by atoms with Crippen LogP contribution in [0.1, 0.15) is 48.5 Å². The van der Waals surface area contributed by atoms with E-state index in [1.165, 1.54) is 24.5 Å². The lowest BCUT2D eigenvalue weighted by Crippen LogP contribution is -2.12. The highest BCUT2D eigenvalue weighted by molar-refractivity contribution is 6.32. The fourth-order valence-electron chi connectivity index (χ4n) is 4.00. The molecule has 7 nitrogen and oxygen atoms in total. The Bertz CT molecular complexity index is 1530. The Kier molecular flexibility index (Phi) is 8.26. The van der Waals surface area contributed by atoms with E-state index >= 15 is 0 Å². The quantitative estimate of drug-likeness (QED) is 0.0701. The number of benzene rings is 3. The Balaban J connectivity index is 1.74. The zero-order valence-electron chi connectivity index (χ0n) is 20.0. The summed E-state index contributed by atoms with van der Waals surface area (Å²) < 4.78 is 11.4. The number of nitrogens with zero attached hydrogens (tertiary/aromatic N) is 1. The third-order valence-electron chi connectivity index (χ3n) is 5.99. The minimum Gasteiger partial charge on any atom is -0.463 e. The number of carbonyl (C=O) groups is 1. The summed E-state index contributed by atoms with van der Waals surface area (Å²) in [6.45, 7) is 2.11. The average molecular weight is 540 g/mol. The van der Waals surface area contributed by atoms with Crippen LogP contribution < -0.4 is 10.2 Å². The number of ether oxygens (including phenoxy) is 1. The Labute approximate surface area is 222 Å². The Morgan fingerprint density at radius 1 is 1.03 bits per heavy atom. The lowest BCUT2D eigenvalue weighted by atomic mass is 10.0. The Morgan fingerprint density at radius 3 is 2.49 bits per heavy atom. The first kappa shape index (κ1) is 26.4. The van der Waals surface area contributed by atoms with Crippen molar-refractivity contribution < 1.29 is 18.9 Å². The van der Waals surface area contributed by atoms with Gasteiger partial charge in [-0.25, -0.2) is 4.79 Å². The number of aryl methyl sites for hydroxylation is 1. The third-order valence-corrected chi connectivity index (χ3v) is 6.56. The van der Waals surface area contributed by atoms with Crippen molar-refractivity contribution in [1.29, 1.82) is 0 Å². The first-order valence-corrected chi connectivity index (χ1v) is 12.5. The zero-order chi connectivity index (χ0) is 26.5. The van der Waals surface area contributed by atoms with Gasteiger partial charge in [0.25, 0.3) is 5.69 Å². The largest absolute Gasteiger partial charge is 0.463 e. The molecular weight excluding hydrogens is 517 g/mol. The molecule has 4 aromatic rings. The maximum absolute atomic E-state index is 13.4. The van der Waals surface area contributed by atoms with Gasteiger partial charge in [0, 0.05) is 17.2 Å². The molecule has 0 aliphatic carbocycles. The number of carbonyl (C=O) groups excluding carboxylic acids is 1. The number of fused-ring (bicyclic) bond motifs is 1. The highest BCUT2D eigenvalue weighted by atomic mass is 35.5. The highest BCUT2D eigenvalue weighted by Gasteiger charge is 2.20. The molecule has 4 rings (SSSR count). The summed E-state index contributed by atoms with van der Waals surface area (Å²) in [6, 6.07) is 13.8. The molecule has 0 aliphatic heterocycles. The van der Waals surface area contributed by atoms with Gasteiger partial charge in [0.1, 0.15) is 22.6 Å². The first-order valence-electron chi connectivity index (χ1n) is 11.8. The number of hydrogen-bond donors (Lipinski definition) is 0.